The Balaban J connectivity index is 2.59. The molecule has 19 heavy (non-hydrogen) atoms. The van der Waals surface area contributed by atoms with Crippen LogP contribution in [0.2, 0.25) is 0 Å². The van der Waals surface area contributed by atoms with E-state index in [0.717, 1.165) is 17.0 Å². The number of rotatable bonds is 3. The number of carbonyl (C=O) groups excluding carboxylic acids is 1. The molecule has 0 aliphatic rings. The van der Waals surface area contributed by atoms with Gasteiger partial charge in [-0.1, -0.05) is 6.07 Å². The average molecular weight is 266 g/mol. The summed E-state index contributed by atoms with van der Waals surface area (Å²) in [5, 5.41) is 12.2. The van der Waals surface area contributed by atoms with E-state index in [1.165, 1.54) is 0 Å². The van der Waals surface area contributed by atoms with Crippen molar-refractivity contribution < 1.29 is 14.6 Å². The molecule has 5 nitrogen and oxygen atoms in total. The van der Waals surface area contributed by atoms with Crippen molar-refractivity contribution in [3.05, 3.63) is 29.1 Å². The lowest BCUT2D eigenvalue weighted by molar-refractivity contribution is 0.0523. The van der Waals surface area contributed by atoms with E-state index in [-0.39, 0.29) is 0 Å². The molecule has 0 aliphatic carbocycles. The van der Waals surface area contributed by atoms with Gasteiger partial charge in [0.05, 0.1) is 18.3 Å². The first-order chi connectivity index (χ1) is 8.69. The molecule has 0 fully saturated rings. The highest BCUT2D eigenvalue weighted by molar-refractivity contribution is 5.67. The minimum Gasteiger partial charge on any atom is -0.444 e. The normalized spacial score (nSPS) is 12.9. The van der Waals surface area contributed by atoms with E-state index in [0.29, 0.717) is 6.54 Å². The summed E-state index contributed by atoms with van der Waals surface area (Å²) in [5.74, 6) is 0. The number of hydrogen-bond acceptors (Lipinski definition) is 4. The lowest BCUT2D eigenvalue weighted by atomic mass is 10.1. The molecular weight excluding hydrogens is 244 g/mol. The van der Waals surface area contributed by atoms with Crippen LogP contribution in [-0.4, -0.2) is 21.8 Å². The lowest BCUT2D eigenvalue weighted by Crippen LogP contribution is -2.32. The summed E-state index contributed by atoms with van der Waals surface area (Å²) in [4.78, 5) is 15.8. The molecular formula is C14H22N2O3. The summed E-state index contributed by atoms with van der Waals surface area (Å²) in [6, 6.07) is 3.60. The van der Waals surface area contributed by atoms with Crippen LogP contribution in [0.1, 0.15) is 50.8 Å². The SMILES string of the molecule is Cc1nc(CNC(=O)OC(C)(C)C)ccc1C(C)O. The monoisotopic (exact) mass is 266 g/mol. The number of pyridine rings is 1. The Bertz CT molecular complexity index is 450. The van der Waals surface area contributed by atoms with Crippen molar-refractivity contribution in [2.45, 2.75) is 52.9 Å². The molecule has 0 saturated carbocycles. The third-order valence-corrected chi connectivity index (χ3v) is 2.45. The number of ether oxygens (including phenoxy) is 1. The Morgan fingerprint density at radius 1 is 1.47 bits per heavy atom. The van der Waals surface area contributed by atoms with E-state index >= 15 is 0 Å². The number of hydrogen-bond donors (Lipinski definition) is 2. The fourth-order valence-corrected chi connectivity index (χ4v) is 1.64. The Morgan fingerprint density at radius 2 is 2.11 bits per heavy atom. The van der Waals surface area contributed by atoms with Crippen LogP contribution >= 0.6 is 0 Å². The fourth-order valence-electron chi connectivity index (χ4n) is 1.64. The average Bonchev–Trinajstić information content (AvgIpc) is 2.23. The van der Waals surface area contributed by atoms with Crippen LogP contribution in [0, 0.1) is 6.92 Å². The Kier molecular flexibility index (Phi) is 4.89. The zero-order chi connectivity index (χ0) is 14.6. The molecule has 1 atom stereocenters. The smallest absolute Gasteiger partial charge is 0.407 e. The van der Waals surface area contributed by atoms with Crippen LogP contribution in [0.4, 0.5) is 4.79 Å². The largest absolute Gasteiger partial charge is 0.444 e. The molecule has 0 saturated heterocycles. The molecule has 106 valence electrons. The number of carbonyl (C=O) groups is 1. The molecule has 1 aromatic heterocycles. The standard InChI is InChI=1S/C14H22N2O3/c1-9-12(10(2)17)7-6-11(16-9)8-15-13(18)19-14(3,4)5/h6-7,10,17H,8H2,1-5H3,(H,15,18). The van der Waals surface area contributed by atoms with Gasteiger partial charge in [0.1, 0.15) is 5.60 Å². The van der Waals surface area contributed by atoms with Crippen LogP contribution in [0.15, 0.2) is 12.1 Å². The number of nitrogens with zero attached hydrogens (tertiary/aromatic N) is 1. The van der Waals surface area contributed by atoms with Crippen LogP contribution < -0.4 is 5.32 Å². The van der Waals surface area contributed by atoms with Gasteiger partial charge in [-0.3, -0.25) is 4.98 Å². The van der Waals surface area contributed by atoms with Crippen LogP contribution in [0.5, 0.6) is 0 Å². The molecule has 0 radical (unpaired) electrons. The number of aliphatic hydroxyl groups excluding tert-OH is 1. The molecule has 2 N–H and O–H groups in total. The van der Waals surface area contributed by atoms with Gasteiger partial charge in [0.2, 0.25) is 0 Å². The number of amides is 1. The van der Waals surface area contributed by atoms with Crippen LogP contribution in [-0.2, 0) is 11.3 Å². The third-order valence-electron chi connectivity index (χ3n) is 2.45. The van der Waals surface area contributed by atoms with Crippen molar-refractivity contribution in [1.29, 1.82) is 0 Å². The van der Waals surface area contributed by atoms with Crippen molar-refractivity contribution >= 4 is 6.09 Å². The fraction of sp³-hybridized carbons (Fsp3) is 0.571. The van der Waals surface area contributed by atoms with E-state index in [1.54, 1.807) is 13.0 Å². The maximum atomic E-state index is 11.5. The molecule has 1 rings (SSSR count). The van der Waals surface area contributed by atoms with Gasteiger partial charge in [0.25, 0.3) is 0 Å². The van der Waals surface area contributed by atoms with Crippen molar-refractivity contribution in [2.75, 3.05) is 0 Å². The summed E-state index contributed by atoms with van der Waals surface area (Å²) < 4.78 is 5.13. The van der Waals surface area contributed by atoms with Gasteiger partial charge >= 0.3 is 6.09 Å². The topological polar surface area (TPSA) is 71.5 Å². The molecule has 1 amide bonds. The summed E-state index contributed by atoms with van der Waals surface area (Å²) in [6.45, 7) is 9.27. The van der Waals surface area contributed by atoms with Crippen molar-refractivity contribution in [2.24, 2.45) is 0 Å². The Morgan fingerprint density at radius 3 is 2.58 bits per heavy atom. The number of aromatic nitrogens is 1. The molecule has 0 spiro atoms. The summed E-state index contributed by atoms with van der Waals surface area (Å²) in [6.07, 6.45) is -1.01. The molecule has 1 unspecified atom stereocenters. The molecule has 0 aliphatic heterocycles. The predicted octanol–water partition coefficient (Wildman–Crippen LogP) is 2.47. The second kappa shape index (κ2) is 6.02. The van der Waals surface area contributed by atoms with Crippen molar-refractivity contribution in [3.8, 4) is 0 Å². The van der Waals surface area contributed by atoms with E-state index in [4.69, 9.17) is 4.74 Å². The number of nitrogens with one attached hydrogen (secondary N) is 1. The number of aliphatic hydroxyl groups is 1. The highest BCUT2D eigenvalue weighted by Gasteiger charge is 2.16. The molecule has 5 heteroatoms. The number of alkyl carbamates (subject to hydrolysis) is 1. The van der Waals surface area contributed by atoms with Crippen LogP contribution in [0.3, 0.4) is 0 Å². The molecule has 0 aromatic carbocycles. The second-order valence-electron chi connectivity index (χ2n) is 5.51. The van der Waals surface area contributed by atoms with E-state index in [2.05, 4.69) is 10.3 Å². The van der Waals surface area contributed by atoms with Crippen LogP contribution in [0.25, 0.3) is 0 Å². The summed E-state index contributed by atoms with van der Waals surface area (Å²) in [7, 11) is 0. The van der Waals surface area contributed by atoms with Crippen molar-refractivity contribution in [1.82, 2.24) is 10.3 Å². The minimum atomic E-state index is -0.541. The van der Waals surface area contributed by atoms with Gasteiger partial charge in [-0.05, 0) is 40.7 Å². The maximum Gasteiger partial charge on any atom is 0.407 e. The summed E-state index contributed by atoms with van der Waals surface area (Å²) in [5.41, 5.74) is 1.77. The zero-order valence-corrected chi connectivity index (χ0v) is 12.2. The minimum absolute atomic E-state index is 0.301. The predicted molar refractivity (Wildman–Crippen MR) is 72.7 cm³/mol. The van der Waals surface area contributed by atoms with Gasteiger partial charge in [-0.2, -0.15) is 0 Å². The summed E-state index contributed by atoms with van der Waals surface area (Å²) >= 11 is 0. The molecule has 1 aromatic rings. The van der Waals surface area contributed by atoms with Gasteiger partial charge in [-0.15, -0.1) is 0 Å². The first-order valence-corrected chi connectivity index (χ1v) is 6.30. The quantitative estimate of drug-likeness (QED) is 0.881. The van der Waals surface area contributed by atoms with Gasteiger partial charge in [0.15, 0.2) is 0 Å². The second-order valence-corrected chi connectivity index (χ2v) is 5.51. The van der Waals surface area contributed by atoms with Gasteiger partial charge in [-0.25, -0.2) is 4.79 Å². The van der Waals surface area contributed by atoms with E-state index < -0.39 is 17.8 Å². The Hall–Kier alpha value is -1.62. The Labute approximate surface area is 114 Å². The number of aryl methyl sites for hydroxylation is 1. The van der Waals surface area contributed by atoms with Gasteiger partial charge in [0, 0.05) is 11.3 Å². The first-order valence-electron chi connectivity index (χ1n) is 6.30. The molecule has 1 heterocycles. The van der Waals surface area contributed by atoms with E-state index in [9.17, 15) is 9.90 Å². The van der Waals surface area contributed by atoms with Gasteiger partial charge < -0.3 is 15.2 Å². The zero-order valence-electron chi connectivity index (χ0n) is 12.2. The highest BCUT2D eigenvalue weighted by Crippen LogP contribution is 2.15. The molecule has 0 bridgehead atoms. The van der Waals surface area contributed by atoms with E-state index in [1.807, 2.05) is 33.8 Å². The highest BCUT2D eigenvalue weighted by atomic mass is 16.6. The third kappa shape index (κ3) is 5.26. The lowest BCUT2D eigenvalue weighted by Gasteiger charge is -2.19. The van der Waals surface area contributed by atoms with Crippen molar-refractivity contribution in [3.63, 3.8) is 0 Å². The first kappa shape index (κ1) is 15.4. The maximum absolute atomic E-state index is 11.5.